The Bertz CT molecular complexity index is 715. The zero-order chi connectivity index (χ0) is 18.5. The second kappa shape index (κ2) is 6.83. The van der Waals surface area contributed by atoms with E-state index >= 15 is 0 Å². The van der Waals surface area contributed by atoms with Gasteiger partial charge in [0.2, 0.25) is 0 Å². The first kappa shape index (κ1) is 17.6. The highest BCUT2D eigenvalue weighted by atomic mass is 35.5. The molecule has 146 valence electrons. The minimum absolute atomic E-state index is 0.435. The Hall–Kier alpha value is -1.50. The summed E-state index contributed by atoms with van der Waals surface area (Å²) in [6.45, 7) is 5.75. The highest BCUT2D eigenvalue weighted by Gasteiger charge is 2.43. The van der Waals surface area contributed by atoms with Crippen LogP contribution in [0.2, 0.25) is 5.02 Å². The molecule has 4 aliphatic rings. The molecule has 1 N–H and O–H groups in total. The molecule has 0 aliphatic carbocycles. The number of fused-ring (bicyclic) bond motifs is 3. The molecular weight excluding hydrogens is 366 g/mol. The molecule has 1 aromatic rings. The van der Waals surface area contributed by atoms with Crippen molar-refractivity contribution < 1.29 is 14.6 Å². The van der Waals surface area contributed by atoms with Gasteiger partial charge in [-0.1, -0.05) is 23.7 Å². The van der Waals surface area contributed by atoms with Crippen molar-refractivity contribution >= 4 is 23.4 Å². The number of likely N-dealkylation sites (tertiary alicyclic amines) is 2. The maximum atomic E-state index is 11.2. The Balaban J connectivity index is 1.34. The first-order valence-corrected chi connectivity index (χ1v) is 10.3. The number of hydrogen-bond acceptors (Lipinski definition) is 4. The predicted molar refractivity (Wildman–Crippen MR) is 103 cm³/mol. The molecule has 4 fully saturated rings. The molecule has 1 amide bonds. The average Bonchev–Trinajstić information content (AvgIpc) is 3.25. The number of anilines is 1. The number of hydrogen-bond donors (Lipinski definition) is 1. The second-order valence-corrected chi connectivity index (χ2v) is 8.89. The number of halogens is 1. The Morgan fingerprint density at radius 3 is 2.41 bits per heavy atom. The summed E-state index contributed by atoms with van der Waals surface area (Å²) in [5, 5.41) is 10.1. The maximum Gasteiger partial charge on any atom is 0.407 e. The van der Waals surface area contributed by atoms with Crippen molar-refractivity contribution in [2.45, 2.75) is 31.5 Å². The molecule has 27 heavy (non-hydrogen) atoms. The summed E-state index contributed by atoms with van der Waals surface area (Å²) >= 11 is 6.68. The number of benzene rings is 1. The van der Waals surface area contributed by atoms with Crippen molar-refractivity contribution in [3.05, 3.63) is 28.8 Å². The molecule has 2 bridgehead atoms. The lowest BCUT2D eigenvalue weighted by Gasteiger charge is -2.38. The third-order valence-corrected chi connectivity index (χ3v) is 7.10. The second-order valence-electron chi connectivity index (χ2n) is 8.48. The third kappa shape index (κ3) is 3.08. The number of rotatable bonds is 3. The zero-order valence-corrected chi connectivity index (χ0v) is 16.1. The fraction of sp³-hybridized carbons (Fsp3) is 0.650. The van der Waals surface area contributed by atoms with Gasteiger partial charge in [0, 0.05) is 32.7 Å². The SMILES string of the molecule is O=C(O)N1CC2CN(Cc3cccc(Cl)c3N3C4CCC3COC4)CC2C1. The Morgan fingerprint density at radius 2 is 1.78 bits per heavy atom. The molecule has 4 saturated heterocycles. The molecule has 0 radical (unpaired) electrons. The lowest BCUT2D eigenvalue weighted by Crippen LogP contribution is -2.46. The van der Waals surface area contributed by atoms with Gasteiger partial charge in [0.1, 0.15) is 0 Å². The normalized spacial score (nSPS) is 32.9. The van der Waals surface area contributed by atoms with Crippen LogP contribution in [0.15, 0.2) is 18.2 Å². The van der Waals surface area contributed by atoms with Crippen LogP contribution >= 0.6 is 11.6 Å². The minimum atomic E-state index is -0.782. The van der Waals surface area contributed by atoms with Gasteiger partial charge >= 0.3 is 6.09 Å². The van der Waals surface area contributed by atoms with Gasteiger partial charge in [0.25, 0.3) is 0 Å². The van der Waals surface area contributed by atoms with Gasteiger partial charge in [-0.3, -0.25) is 4.90 Å². The van der Waals surface area contributed by atoms with Crippen LogP contribution in [-0.2, 0) is 11.3 Å². The molecular formula is C20H26ClN3O3. The lowest BCUT2D eigenvalue weighted by atomic mass is 10.0. The van der Waals surface area contributed by atoms with Crippen LogP contribution in [0.1, 0.15) is 18.4 Å². The number of nitrogens with zero attached hydrogens (tertiary/aromatic N) is 3. The molecule has 0 aromatic heterocycles. The van der Waals surface area contributed by atoms with Crippen molar-refractivity contribution in [3.63, 3.8) is 0 Å². The Kier molecular flexibility index (Phi) is 4.45. The number of morpholine rings is 1. The molecule has 5 rings (SSSR count). The van der Waals surface area contributed by atoms with Crippen molar-refractivity contribution in [2.75, 3.05) is 44.3 Å². The third-order valence-electron chi connectivity index (χ3n) is 6.80. The van der Waals surface area contributed by atoms with E-state index in [0.29, 0.717) is 37.0 Å². The summed E-state index contributed by atoms with van der Waals surface area (Å²) in [6.07, 6.45) is 1.57. The molecule has 4 unspecified atom stereocenters. The molecule has 6 nitrogen and oxygen atoms in total. The molecule has 4 atom stereocenters. The van der Waals surface area contributed by atoms with Crippen LogP contribution in [0, 0.1) is 11.8 Å². The summed E-state index contributed by atoms with van der Waals surface area (Å²) in [5.41, 5.74) is 2.48. The van der Waals surface area contributed by atoms with Gasteiger partial charge in [0.05, 0.1) is 36.0 Å². The topological polar surface area (TPSA) is 56.2 Å². The van der Waals surface area contributed by atoms with Crippen molar-refractivity contribution in [1.29, 1.82) is 0 Å². The number of para-hydroxylation sites is 1. The fourth-order valence-corrected chi connectivity index (χ4v) is 5.88. The van der Waals surface area contributed by atoms with Crippen LogP contribution in [0.25, 0.3) is 0 Å². The van der Waals surface area contributed by atoms with Gasteiger partial charge in [-0.05, 0) is 36.3 Å². The molecule has 4 heterocycles. The van der Waals surface area contributed by atoms with E-state index in [1.54, 1.807) is 4.90 Å². The van der Waals surface area contributed by atoms with Crippen LogP contribution in [0.4, 0.5) is 10.5 Å². The van der Waals surface area contributed by atoms with Gasteiger partial charge in [-0.15, -0.1) is 0 Å². The van der Waals surface area contributed by atoms with E-state index in [-0.39, 0.29) is 0 Å². The van der Waals surface area contributed by atoms with Gasteiger partial charge in [-0.2, -0.15) is 0 Å². The Morgan fingerprint density at radius 1 is 1.11 bits per heavy atom. The van der Waals surface area contributed by atoms with Crippen molar-refractivity contribution in [1.82, 2.24) is 9.80 Å². The minimum Gasteiger partial charge on any atom is -0.465 e. The monoisotopic (exact) mass is 391 g/mol. The fourth-order valence-electron chi connectivity index (χ4n) is 5.59. The van der Waals surface area contributed by atoms with E-state index in [2.05, 4.69) is 15.9 Å². The predicted octanol–water partition coefficient (Wildman–Crippen LogP) is 2.75. The van der Waals surface area contributed by atoms with E-state index in [9.17, 15) is 9.90 Å². The highest BCUT2D eigenvalue weighted by molar-refractivity contribution is 6.33. The number of carbonyl (C=O) groups is 1. The van der Waals surface area contributed by atoms with Gasteiger partial charge in [0.15, 0.2) is 0 Å². The standard InChI is InChI=1S/C20H26ClN3O3/c21-18-3-1-2-13(19(18)24-16-4-5-17(24)12-27-11-16)6-22-7-14-9-23(20(25)26)10-15(14)8-22/h1-3,14-17H,4-12H2,(H,25,26). The van der Waals surface area contributed by atoms with Crippen LogP contribution in [-0.4, -0.2) is 72.5 Å². The van der Waals surface area contributed by atoms with E-state index in [4.69, 9.17) is 16.3 Å². The molecule has 1 aromatic carbocycles. The summed E-state index contributed by atoms with van der Waals surface area (Å²) in [6, 6.07) is 7.12. The number of carboxylic acid groups (broad SMARTS) is 1. The lowest BCUT2D eigenvalue weighted by molar-refractivity contribution is 0.0905. The smallest absolute Gasteiger partial charge is 0.407 e. The quantitative estimate of drug-likeness (QED) is 0.858. The summed E-state index contributed by atoms with van der Waals surface area (Å²) < 4.78 is 5.75. The van der Waals surface area contributed by atoms with Crippen LogP contribution < -0.4 is 4.90 Å². The molecule has 7 heteroatoms. The molecule has 0 spiro atoms. The van der Waals surface area contributed by atoms with E-state index < -0.39 is 6.09 Å². The van der Waals surface area contributed by atoms with E-state index in [0.717, 1.165) is 37.9 Å². The van der Waals surface area contributed by atoms with Crippen molar-refractivity contribution in [2.24, 2.45) is 11.8 Å². The number of ether oxygens (including phenoxy) is 1. The first-order chi connectivity index (χ1) is 13.1. The zero-order valence-electron chi connectivity index (χ0n) is 15.4. The van der Waals surface area contributed by atoms with Gasteiger partial charge < -0.3 is 19.6 Å². The average molecular weight is 392 g/mol. The van der Waals surface area contributed by atoms with E-state index in [1.807, 2.05) is 12.1 Å². The summed E-state index contributed by atoms with van der Waals surface area (Å²) in [4.78, 5) is 17.8. The van der Waals surface area contributed by atoms with Crippen molar-refractivity contribution in [3.8, 4) is 0 Å². The molecule has 4 aliphatic heterocycles. The van der Waals surface area contributed by atoms with Crippen LogP contribution in [0.5, 0.6) is 0 Å². The van der Waals surface area contributed by atoms with Crippen LogP contribution in [0.3, 0.4) is 0 Å². The first-order valence-electron chi connectivity index (χ1n) is 9.94. The highest BCUT2D eigenvalue weighted by Crippen LogP contribution is 2.41. The van der Waals surface area contributed by atoms with Gasteiger partial charge in [-0.25, -0.2) is 4.79 Å². The number of amides is 1. The Labute approximate surface area is 164 Å². The largest absolute Gasteiger partial charge is 0.465 e. The molecule has 0 saturated carbocycles. The summed E-state index contributed by atoms with van der Waals surface area (Å²) in [7, 11) is 0. The van der Waals surface area contributed by atoms with E-state index in [1.165, 1.54) is 24.1 Å². The summed E-state index contributed by atoms with van der Waals surface area (Å²) in [5.74, 6) is 0.923. The maximum absolute atomic E-state index is 11.2.